The number of rotatable bonds is 9. The molecule has 0 saturated carbocycles. The molecular formula is C13H25NO2. The van der Waals surface area contributed by atoms with E-state index in [4.69, 9.17) is 5.11 Å². The highest BCUT2D eigenvalue weighted by atomic mass is 16.4. The number of hydrogen-bond acceptors (Lipinski definition) is 2. The number of carboxylic acids is 1. The van der Waals surface area contributed by atoms with Crippen LogP contribution in [0.15, 0.2) is 12.2 Å². The van der Waals surface area contributed by atoms with Crippen LogP contribution in [-0.4, -0.2) is 35.6 Å². The molecule has 0 rings (SSSR count). The smallest absolute Gasteiger partial charge is 0.304 e. The van der Waals surface area contributed by atoms with E-state index in [9.17, 15) is 4.79 Å². The summed E-state index contributed by atoms with van der Waals surface area (Å²) in [7, 11) is 2.01. The van der Waals surface area contributed by atoms with Crippen molar-refractivity contribution in [3.8, 4) is 0 Å². The van der Waals surface area contributed by atoms with E-state index in [1.54, 1.807) is 0 Å². The predicted molar refractivity (Wildman–Crippen MR) is 67.6 cm³/mol. The SMILES string of the molecule is C=C(C)CC(CCCC)N(C)CCC(=O)O. The molecular weight excluding hydrogens is 202 g/mol. The zero-order valence-electron chi connectivity index (χ0n) is 10.8. The van der Waals surface area contributed by atoms with Crippen molar-refractivity contribution in [3.05, 3.63) is 12.2 Å². The first-order valence-electron chi connectivity index (χ1n) is 6.03. The van der Waals surface area contributed by atoms with Gasteiger partial charge in [0.25, 0.3) is 0 Å². The van der Waals surface area contributed by atoms with Crippen LogP contribution in [0.2, 0.25) is 0 Å². The summed E-state index contributed by atoms with van der Waals surface area (Å²) in [4.78, 5) is 12.7. The number of carboxylic acid groups (broad SMARTS) is 1. The Kier molecular flexibility index (Phi) is 7.90. The van der Waals surface area contributed by atoms with Crippen molar-refractivity contribution >= 4 is 5.97 Å². The lowest BCUT2D eigenvalue weighted by atomic mass is 10.0. The molecule has 0 aromatic heterocycles. The van der Waals surface area contributed by atoms with E-state index in [1.165, 1.54) is 18.4 Å². The van der Waals surface area contributed by atoms with Crippen molar-refractivity contribution < 1.29 is 9.90 Å². The Morgan fingerprint density at radius 1 is 1.50 bits per heavy atom. The number of aliphatic carboxylic acids is 1. The van der Waals surface area contributed by atoms with Crippen LogP contribution in [-0.2, 0) is 4.79 Å². The lowest BCUT2D eigenvalue weighted by Crippen LogP contribution is -2.33. The number of carbonyl (C=O) groups is 1. The maximum Gasteiger partial charge on any atom is 0.304 e. The highest BCUT2D eigenvalue weighted by molar-refractivity contribution is 5.66. The zero-order valence-corrected chi connectivity index (χ0v) is 10.8. The topological polar surface area (TPSA) is 40.5 Å². The maximum atomic E-state index is 10.5. The van der Waals surface area contributed by atoms with Gasteiger partial charge in [-0.15, -0.1) is 6.58 Å². The molecule has 1 atom stereocenters. The van der Waals surface area contributed by atoms with Crippen molar-refractivity contribution in [2.75, 3.05) is 13.6 Å². The molecule has 1 N–H and O–H groups in total. The molecule has 0 aromatic rings. The Bertz CT molecular complexity index is 226. The largest absolute Gasteiger partial charge is 0.481 e. The lowest BCUT2D eigenvalue weighted by Gasteiger charge is -2.27. The van der Waals surface area contributed by atoms with Crippen LogP contribution in [0.1, 0.15) is 46.0 Å². The highest BCUT2D eigenvalue weighted by Crippen LogP contribution is 2.15. The van der Waals surface area contributed by atoms with Gasteiger partial charge >= 0.3 is 5.97 Å². The van der Waals surface area contributed by atoms with Gasteiger partial charge in [0.1, 0.15) is 0 Å². The molecule has 3 heteroatoms. The molecule has 0 aliphatic heterocycles. The number of unbranched alkanes of at least 4 members (excludes halogenated alkanes) is 1. The second kappa shape index (κ2) is 8.34. The van der Waals surface area contributed by atoms with Crippen LogP contribution < -0.4 is 0 Å². The summed E-state index contributed by atoms with van der Waals surface area (Å²) >= 11 is 0. The molecule has 16 heavy (non-hydrogen) atoms. The first kappa shape index (κ1) is 15.2. The fraction of sp³-hybridized carbons (Fsp3) is 0.769. The Hall–Kier alpha value is -0.830. The number of nitrogens with zero attached hydrogens (tertiary/aromatic N) is 1. The number of hydrogen-bond donors (Lipinski definition) is 1. The monoisotopic (exact) mass is 227 g/mol. The van der Waals surface area contributed by atoms with E-state index >= 15 is 0 Å². The van der Waals surface area contributed by atoms with Crippen molar-refractivity contribution in [3.63, 3.8) is 0 Å². The highest BCUT2D eigenvalue weighted by Gasteiger charge is 2.14. The van der Waals surface area contributed by atoms with Crippen LogP contribution in [0.5, 0.6) is 0 Å². The average Bonchev–Trinajstić information content (AvgIpc) is 2.20. The van der Waals surface area contributed by atoms with Gasteiger partial charge in [-0.2, -0.15) is 0 Å². The van der Waals surface area contributed by atoms with Gasteiger partial charge in [0.05, 0.1) is 6.42 Å². The third kappa shape index (κ3) is 7.46. The van der Waals surface area contributed by atoms with Gasteiger partial charge in [0.2, 0.25) is 0 Å². The summed E-state index contributed by atoms with van der Waals surface area (Å²) in [6.07, 6.45) is 4.68. The van der Waals surface area contributed by atoms with E-state index in [2.05, 4.69) is 18.4 Å². The molecule has 3 nitrogen and oxygen atoms in total. The third-order valence-corrected chi connectivity index (χ3v) is 2.78. The molecule has 1 unspecified atom stereocenters. The minimum Gasteiger partial charge on any atom is -0.481 e. The van der Waals surface area contributed by atoms with Gasteiger partial charge in [0.15, 0.2) is 0 Å². The minimum atomic E-state index is -0.726. The first-order valence-corrected chi connectivity index (χ1v) is 6.03. The van der Waals surface area contributed by atoms with E-state index in [-0.39, 0.29) is 6.42 Å². The fourth-order valence-corrected chi connectivity index (χ4v) is 1.77. The van der Waals surface area contributed by atoms with Crippen molar-refractivity contribution in [1.82, 2.24) is 4.90 Å². The lowest BCUT2D eigenvalue weighted by molar-refractivity contribution is -0.137. The molecule has 0 aromatic carbocycles. The maximum absolute atomic E-state index is 10.5. The molecule has 0 aliphatic carbocycles. The van der Waals surface area contributed by atoms with Crippen molar-refractivity contribution in [2.24, 2.45) is 0 Å². The molecule has 0 aliphatic rings. The van der Waals surface area contributed by atoms with Crippen LogP contribution in [0.25, 0.3) is 0 Å². The van der Waals surface area contributed by atoms with Crippen molar-refractivity contribution in [2.45, 2.75) is 52.0 Å². The average molecular weight is 227 g/mol. The van der Waals surface area contributed by atoms with Gasteiger partial charge in [-0.3, -0.25) is 4.79 Å². The van der Waals surface area contributed by atoms with Crippen molar-refractivity contribution in [1.29, 1.82) is 0 Å². The normalized spacial score (nSPS) is 12.8. The molecule has 0 saturated heterocycles. The van der Waals surface area contributed by atoms with Crippen LogP contribution >= 0.6 is 0 Å². The van der Waals surface area contributed by atoms with Crippen LogP contribution in [0, 0.1) is 0 Å². The fourth-order valence-electron chi connectivity index (χ4n) is 1.77. The van der Waals surface area contributed by atoms with E-state index in [0.717, 1.165) is 12.8 Å². The zero-order chi connectivity index (χ0) is 12.6. The van der Waals surface area contributed by atoms with Crippen LogP contribution in [0.3, 0.4) is 0 Å². The van der Waals surface area contributed by atoms with Gasteiger partial charge < -0.3 is 10.0 Å². The molecule has 0 heterocycles. The molecule has 0 bridgehead atoms. The summed E-state index contributed by atoms with van der Waals surface area (Å²) < 4.78 is 0. The summed E-state index contributed by atoms with van der Waals surface area (Å²) in [5.74, 6) is -0.726. The van der Waals surface area contributed by atoms with Gasteiger partial charge in [-0.1, -0.05) is 25.3 Å². The Morgan fingerprint density at radius 2 is 2.12 bits per heavy atom. The Labute approximate surface area is 99.1 Å². The minimum absolute atomic E-state index is 0.218. The molecule has 0 spiro atoms. The quantitative estimate of drug-likeness (QED) is 0.616. The molecule has 0 amide bonds. The molecule has 0 fully saturated rings. The molecule has 94 valence electrons. The summed E-state index contributed by atoms with van der Waals surface area (Å²) in [6.45, 7) is 8.77. The summed E-state index contributed by atoms with van der Waals surface area (Å²) in [5, 5.41) is 8.66. The summed E-state index contributed by atoms with van der Waals surface area (Å²) in [5.41, 5.74) is 1.17. The summed E-state index contributed by atoms with van der Waals surface area (Å²) in [6, 6.07) is 0.441. The Balaban J connectivity index is 4.13. The van der Waals surface area contributed by atoms with Gasteiger partial charge in [0, 0.05) is 12.6 Å². The molecule has 0 radical (unpaired) electrons. The second-order valence-electron chi connectivity index (χ2n) is 4.58. The van der Waals surface area contributed by atoms with E-state index in [0.29, 0.717) is 12.6 Å². The van der Waals surface area contributed by atoms with E-state index in [1.807, 2.05) is 14.0 Å². The standard InChI is InChI=1S/C13H25NO2/c1-5-6-7-12(10-11(2)3)14(4)9-8-13(15)16/h12H,2,5-10H2,1,3-4H3,(H,15,16). The second-order valence-corrected chi connectivity index (χ2v) is 4.58. The van der Waals surface area contributed by atoms with Gasteiger partial charge in [-0.05, 0) is 26.8 Å². The first-order chi connectivity index (χ1) is 7.47. The predicted octanol–water partition coefficient (Wildman–Crippen LogP) is 2.92. The Morgan fingerprint density at radius 3 is 2.56 bits per heavy atom. The van der Waals surface area contributed by atoms with E-state index < -0.39 is 5.97 Å². The van der Waals surface area contributed by atoms with Crippen LogP contribution in [0.4, 0.5) is 0 Å². The third-order valence-electron chi connectivity index (χ3n) is 2.78. The van der Waals surface area contributed by atoms with Gasteiger partial charge in [-0.25, -0.2) is 0 Å².